The molecular formula is C54H39NO. The van der Waals surface area contributed by atoms with Crippen molar-refractivity contribution in [3.05, 3.63) is 199 Å². The number of ether oxygens (including phenoxy) is 1. The Kier molecular flexibility index (Phi) is 7.15. The van der Waals surface area contributed by atoms with Crippen LogP contribution in [0.25, 0.3) is 88.0 Å². The van der Waals surface area contributed by atoms with Crippen LogP contribution in [0.3, 0.4) is 0 Å². The molecule has 1 aromatic heterocycles. The van der Waals surface area contributed by atoms with E-state index in [9.17, 15) is 0 Å². The summed E-state index contributed by atoms with van der Waals surface area (Å²) in [6.45, 7) is 9.64. The lowest BCUT2D eigenvalue weighted by atomic mass is 9.80. The van der Waals surface area contributed by atoms with Gasteiger partial charge in [0, 0.05) is 27.4 Å². The van der Waals surface area contributed by atoms with Gasteiger partial charge in [-0.25, -0.2) is 0 Å². The van der Waals surface area contributed by atoms with Gasteiger partial charge in [0.25, 0.3) is 0 Å². The molecule has 0 atom stereocenters. The first-order valence-corrected chi connectivity index (χ1v) is 19.5. The number of rotatable bonds is 3. The van der Waals surface area contributed by atoms with Crippen molar-refractivity contribution >= 4 is 48.9 Å². The van der Waals surface area contributed by atoms with E-state index >= 15 is 0 Å². The summed E-state index contributed by atoms with van der Waals surface area (Å²) < 4.78 is 8.65. The number of allylic oxidation sites excluding steroid dienone is 4. The maximum atomic E-state index is 6.27. The Balaban J connectivity index is 1.08. The van der Waals surface area contributed by atoms with Crippen LogP contribution in [0, 0.1) is 0 Å². The van der Waals surface area contributed by atoms with E-state index in [0.717, 1.165) is 39.0 Å². The van der Waals surface area contributed by atoms with Crippen LogP contribution in [-0.2, 0) is 5.41 Å². The van der Waals surface area contributed by atoms with E-state index in [2.05, 4.69) is 183 Å². The predicted molar refractivity (Wildman–Crippen MR) is 237 cm³/mol. The molecule has 0 spiro atoms. The number of fused-ring (bicyclic) bond motifs is 9. The zero-order chi connectivity index (χ0) is 37.5. The van der Waals surface area contributed by atoms with Gasteiger partial charge in [-0.1, -0.05) is 154 Å². The van der Waals surface area contributed by atoms with Gasteiger partial charge in [0.2, 0.25) is 0 Å². The SMILES string of the molecule is C=C1/C=C\C=C/COc2cc3c4ccccc4n(-c4ccc(-c5c6ccccc6c(-c6ccc7c(c6)C(C)(C)c6ccccc6-7)c6ccccc56)cc4)c3cc21. The van der Waals surface area contributed by atoms with Crippen molar-refractivity contribution in [1.82, 2.24) is 4.57 Å². The largest absolute Gasteiger partial charge is 0.489 e. The maximum absolute atomic E-state index is 6.27. The minimum Gasteiger partial charge on any atom is -0.489 e. The van der Waals surface area contributed by atoms with E-state index in [-0.39, 0.29) is 5.41 Å². The molecule has 0 fully saturated rings. The van der Waals surface area contributed by atoms with Gasteiger partial charge in [0.15, 0.2) is 0 Å². The van der Waals surface area contributed by atoms with Crippen molar-refractivity contribution in [2.45, 2.75) is 19.3 Å². The van der Waals surface area contributed by atoms with Crippen LogP contribution in [0.4, 0.5) is 0 Å². The molecule has 0 unspecified atom stereocenters. The van der Waals surface area contributed by atoms with Crippen LogP contribution < -0.4 is 4.74 Å². The lowest BCUT2D eigenvalue weighted by Crippen LogP contribution is -2.14. The Morgan fingerprint density at radius 3 is 1.86 bits per heavy atom. The number of benzene rings is 8. The Morgan fingerprint density at radius 1 is 0.518 bits per heavy atom. The van der Waals surface area contributed by atoms with Crippen molar-refractivity contribution in [2.24, 2.45) is 0 Å². The van der Waals surface area contributed by atoms with E-state index in [1.807, 2.05) is 18.2 Å². The fourth-order valence-corrected chi connectivity index (χ4v) is 9.56. The number of nitrogens with zero attached hydrogens (tertiary/aromatic N) is 1. The Hall–Kier alpha value is -6.90. The van der Waals surface area contributed by atoms with Crippen molar-refractivity contribution in [3.8, 4) is 44.8 Å². The predicted octanol–water partition coefficient (Wildman–Crippen LogP) is 14.2. The van der Waals surface area contributed by atoms with Gasteiger partial charge in [-0.2, -0.15) is 0 Å². The Labute approximate surface area is 326 Å². The first kappa shape index (κ1) is 32.5. The highest BCUT2D eigenvalue weighted by Crippen LogP contribution is 2.51. The van der Waals surface area contributed by atoms with Crippen LogP contribution >= 0.6 is 0 Å². The first-order valence-electron chi connectivity index (χ1n) is 19.5. The molecule has 0 bridgehead atoms. The summed E-state index contributed by atoms with van der Waals surface area (Å²) in [5.74, 6) is 0.854. The molecule has 0 radical (unpaired) electrons. The molecular weight excluding hydrogens is 679 g/mol. The minimum atomic E-state index is -0.0702. The van der Waals surface area contributed by atoms with Crippen molar-refractivity contribution in [3.63, 3.8) is 0 Å². The van der Waals surface area contributed by atoms with Gasteiger partial charge >= 0.3 is 0 Å². The first-order chi connectivity index (χ1) is 27.5. The smallest absolute Gasteiger partial charge is 0.128 e. The normalized spacial score (nSPS) is 15.5. The molecule has 0 N–H and O–H groups in total. The summed E-state index contributed by atoms with van der Waals surface area (Å²) in [6.07, 6.45) is 8.13. The summed E-state index contributed by atoms with van der Waals surface area (Å²) in [5, 5.41) is 7.39. The molecule has 1 aliphatic heterocycles. The number of aromatic nitrogens is 1. The second-order valence-electron chi connectivity index (χ2n) is 15.7. The van der Waals surface area contributed by atoms with Gasteiger partial charge in [0.05, 0.1) is 11.0 Å². The molecule has 2 heteroatoms. The molecule has 0 saturated carbocycles. The minimum absolute atomic E-state index is 0.0702. The standard InChI is InChI=1S/C54H39NO/c1-34-15-5-4-14-30-56-51-33-46-40-17-11-13-23-49(40)55(50(46)32-45(34)51)37-27-24-35(25-28-37)52-41-18-6-8-20-43(41)53(44-21-9-7-19-42(44)52)36-26-29-39-38-16-10-12-22-47(38)54(2,3)48(39)31-36/h4-29,31-33H,1,30H2,2-3H3/b14-4-,15-5-. The summed E-state index contributed by atoms with van der Waals surface area (Å²) in [6, 6.07) is 56.2. The fraction of sp³-hybridized carbons (Fsp3) is 0.0741. The molecule has 2 nitrogen and oxygen atoms in total. The van der Waals surface area contributed by atoms with E-state index in [4.69, 9.17) is 4.74 Å². The Bertz CT molecular complexity index is 3110. The molecule has 56 heavy (non-hydrogen) atoms. The second-order valence-corrected chi connectivity index (χ2v) is 15.7. The van der Waals surface area contributed by atoms with E-state index < -0.39 is 0 Å². The van der Waals surface area contributed by atoms with Crippen LogP contribution in [0.15, 0.2) is 183 Å². The number of hydrogen-bond acceptors (Lipinski definition) is 1. The van der Waals surface area contributed by atoms with Gasteiger partial charge < -0.3 is 9.30 Å². The number of para-hydroxylation sites is 1. The van der Waals surface area contributed by atoms with Crippen LogP contribution in [-0.4, -0.2) is 11.2 Å². The van der Waals surface area contributed by atoms with Crippen molar-refractivity contribution < 1.29 is 4.74 Å². The lowest BCUT2D eigenvalue weighted by Gasteiger charge is -2.23. The molecule has 0 amide bonds. The highest BCUT2D eigenvalue weighted by atomic mass is 16.5. The van der Waals surface area contributed by atoms with E-state index in [0.29, 0.717) is 6.61 Å². The van der Waals surface area contributed by atoms with Crippen LogP contribution in [0.1, 0.15) is 30.5 Å². The molecule has 2 aliphatic rings. The third kappa shape index (κ3) is 4.75. The van der Waals surface area contributed by atoms with Crippen LogP contribution in [0.2, 0.25) is 0 Å². The lowest BCUT2D eigenvalue weighted by molar-refractivity contribution is 0.362. The molecule has 266 valence electrons. The molecule has 1 aliphatic carbocycles. The summed E-state index contributed by atoms with van der Waals surface area (Å²) in [5.41, 5.74) is 15.7. The summed E-state index contributed by atoms with van der Waals surface area (Å²) in [4.78, 5) is 0. The third-order valence-electron chi connectivity index (χ3n) is 12.2. The average molecular weight is 718 g/mol. The monoisotopic (exact) mass is 717 g/mol. The topological polar surface area (TPSA) is 14.2 Å². The summed E-state index contributed by atoms with van der Waals surface area (Å²) >= 11 is 0. The van der Waals surface area contributed by atoms with Gasteiger partial charge in [0.1, 0.15) is 12.4 Å². The van der Waals surface area contributed by atoms with Gasteiger partial charge in [-0.3, -0.25) is 0 Å². The zero-order valence-corrected chi connectivity index (χ0v) is 31.5. The van der Waals surface area contributed by atoms with E-state index in [1.54, 1.807) is 0 Å². The summed E-state index contributed by atoms with van der Waals surface area (Å²) in [7, 11) is 0. The molecule has 8 aromatic carbocycles. The van der Waals surface area contributed by atoms with Crippen LogP contribution in [0.5, 0.6) is 5.75 Å². The number of hydrogen-bond donors (Lipinski definition) is 0. The van der Waals surface area contributed by atoms with Crippen molar-refractivity contribution in [1.29, 1.82) is 0 Å². The second kappa shape index (κ2) is 12.3. The molecule has 9 aromatic rings. The Morgan fingerprint density at radius 2 is 1.12 bits per heavy atom. The maximum Gasteiger partial charge on any atom is 0.128 e. The average Bonchev–Trinajstić information content (AvgIpc) is 3.70. The highest BCUT2D eigenvalue weighted by Gasteiger charge is 2.35. The third-order valence-corrected chi connectivity index (χ3v) is 12.2. The fourth-order valence-electron chi connectivity index (χ4n) is 9.56. The van der Waals surface area contributed by atoms with Gasteiger partial charge in [-0.05, 0) is 114 Å². The zero-order valence-electron chi connectivity index (χ0n) is 31.5. The van der Waals surface area contributed by atoms with E-state index in [1.165, 1.54) is 71.4 Å². The molecule has 2 heterocycles. The van der Waals surface area contributed by atoms with Gasteiger partial charge in [-0.15, -0.1) is 0 Å². The highest BCUT2D eigenvalue weighted by molar-refractivity contribution is 6.21. The van der Waals surface area contributed by atoms with Crippen molar-refractivity contribution in [2.75, 3.05) is 6.61 Å². The quantitative estimate of drug-likeness (QED) is 0.166. The molecule has 0 saturated heterocycles. The molecule has 11 rings (SSSR count).